The predicted octanol–water partition coefficient (Wildman–Crippen LogP) is 1.10. The van der Waals surface area contributed by atoms with Crippen molar-refractivity contribution in [2.45, 2.75) is 19.0 Å². The summed E-state index contributed by atoms with van der Waals surface area (Å²) in [4.78, 5) is 2.24. The monoisotopic (exact) mass is 252 g/mol. The number of hydrogen-bond acceptors (Lipinski definition) is 4. The van der Waals surface area contributed by atoms with Crippen molar-refractivity contribution in [1.82, 2.24) is 10.2 Å². The van der Waals surface area contributed by atoms with Crippen LogP contribution in [0.15, 0.2) is 24.3 Å². The van der Waals surface area contributed by atoms with E-state index < -0.39 is 0 Å². The van der Waals surface area contributed by atoms with E-state index >= 15 is 0 Å². The van der Waals surface area contributed by atoms with Crippen LogP contribution >= 0.6 is 0 Å². The van der Waals surface area contributed by atoms with E-state index in [0.717, 1.165) is 25.3 Å². The Morgan fingerprint density at radius 1 is 1.44 bits per heavy atom. The van der Waals surface area contributed by atoms with Gasteiger partial charge in [-0.25, -0.2) is 0 Å². The number of hydrogen-bond donors (Lipinski definition) is 2. The maximum absolute atomic E-state index is 8.96. The molecule has 0 fully saturated rings. The topological polar surface area (TPSA) is 44.7 Å². The molecular weight excluding hydrogens is 228 g/mol. The molecule has 102 valence electrons. The largest absolute Gasteiger partial charge is 0.497 e. The van der Waals surface area contributed by atoms with Crippen LogP contribution in [0.4, 0.5) is 0 Å². The molecule has 1 rings (SSSR count). The van der Waals surface area contributed by atoms with Crippen LogP contribution < -0.4 is 10.1 Å². The predicted molar refractivity (Wildman–Crippen MR) is 73.9 cm³/mol. The molecule has 0 saturated carbocycles. The van der Waals surface area contributed by atoms with Crippen LogP contribution in [0.5, 0.6) is 5.75 Å². The van der Waals surface area contributed by atoms with Crippen molar-refractivity contribution in [3.05, 3.63) is 29.8 Å². The van der Waals surface area contributed by atoms with Crippen molar-refractivity contribution < 1.29 is 9.84 Å². The average molecular weight is 252 g/mol. The lowest BCUT2D eigenvalue weighted by Gasteiger charge is -2.23. The molecule has 0 aliphatic heterocycles. The van der Waals surface area contributed by atoms with E-state index in [2.05, 4.69) is 29.4 Å². The first kappa shape index (κ1) is 15.0. The average Bonchev–Trinajstić information content (AvgIpc) is 2.38. The lowest BCUT2D eigenvalue weighted by Crippen LogP contribution is -2.38. The van der Waals surface area contributed by atoms with E-state index in [0.29, 0.717) is 6.04 Å². The fraction of sp³-hybridized carbons (Fsp3) is 0.571. The minimum atomic E-state index is 0.221. The SMILES string of the molecule is CNC(CCO)CN(C)Cc1cccc(OC)c1. The molecule has 0 saturated heterocycles. The third kappa shape index (κ3) is 5.04. The highest BCUT2D eigenvalue weighted by atomic mass is 16.5. The number of ether oxygens (including phenoxy) is 1. The van der Waals surface area contributed by atoms with Gasteiger partial charge in [-0.2, -0.15) is 0 Å². The van der Waals surface area contributed by atoms with E-state index in [-0.39, 0.29) is 6.61 Å². The molecule has 1 aromatic rings. The molecule has 0 spiro atoms. The number of nitrogens with one attached hydrogen (secondary N) is 1. The maximum atomic E-state index is 8.96. The quantitative estimate of drug-likeness (QED) is 0.727. The second-order valence-electron chi connectivity index (χ2n) is 4.55. The molecule has 18 heavy (non-hydrogen) atoms. The van der Waals surface area contributed by atoms with Crippen LogP contribution in [-0.4, -0.2) is 50.4 Å². The summed E-state index contributed by atoms with van der Waals surface area (Å²) in [5, 5.41) is 12.2. The minimum Gasteiger partial charge on any atom is -0.497 e. The van der Waals surface area contributed by atoms with Crippen LogP contribution in [0.1, 0.15) is 12.0 Å². The Kier molecular flexibility index (Phi) is 6.72. The lowest BCUT2D eigenvalue weighted by molar-refractivity contribution is 0.230. The van der Waals surface area contributed by atoms with E-state index in [1.807, 2.05) is 19.2 Å². The van der Waals surface area contributed by atoms with Crippen LogP contribution in [0, 0.1) is 0 Å². The maximum Gasteiger partial charge on any atom is 0.119 e. The Bertz CT molecular complexity index is 344. The fourth-order valence-electron chi connectivity index (χ4n) is 2.01. The van der Waals surface area contributed by atoms with Gasteiger partial charge in [0, 0.05) is 25.7 Å². The molecule has 0 radical (unpaired) electrons. The number of methoxy groups -OCH3 is 1. The molecule has 4 nitrogen and oxygen atoms in total. The van der Waals surface area contributed by atoms with E-state index in [4.69, 9.17) is 9.84 Å². The summed E-state index contributed by atoms with van der Waals surface area (Å²) < 4.78 is 5.21. The normalized spacial score (nSPS) is 12.7. The minimum absolute atomic E-state index is 0.221. The van der Waals surface area contributed by atoms with Gasteiger partial charge in [0.1, 0.15) is 5.75 Å². The summed E-state index contributed by atoms with van der Waals surface area (Å²) in [6, 6.07) is 8.43. The first-order valence-corrected chi connectivity index (χ1v) is 6.29. The Morgan fingerprint density at radius 3 is 2.83 bits per heavy atom. The molecular formula is C14H24N2O2. The molecule has 2 N–H and O–H groups in total. The lowest BCUT2D eigenvalue weighted by atomic mass is 10.1. The molecule has 1 atom stereocenters. The van der Waals surface area contributed by atoms with E-state index in [9.17, 15) is 0 Å². The molecule has 1 unspecified atom stereocenters. The molecule has 0 aliphatic carbocycles. The van der Waals surface area contributed by atoms with Gasteiger partial charge in [0.2, 0.25) is 0 Å². The van der Waals surface area contributed by atoms with Crippen molar-refractivity contribution in [1.29, 1.82) is 0 Å². The Hall–Kier alpha value is -1.10. The van der Waals surface area contributed by atoms with E-state index in [1.165, 1.54) is 5.56 Å². The van der Waals surface area contributed by atoms with Gasteiger partial charge < -0.3 is 20.1 Å². The Balaban J connectivity index is 2.49. The highest BCUT2D eigenvalue weighted by Gasteiger charge is 2.09. The number of benzene rings is 1. The van der Waals surface area contributed by atoms with Gasteiger partial charge in [0.15, 0.2) is 0 Å². The molecule has 0 aliphatic rings. The summed E-state index contributed by atoms with van der Waals surface area (Å²) >= 11 is 0. The standard InChI is InChI=1S/C14H24N2O2/c1-15-13(7-8-17)11-16(2)10-12-5-4-6-14(9-12)18-3/h4-6,9,13,15,17H,7-8,10-11H2,1-3H3. The zero-order chi connectivity index (χ0) is 13.4. The molecule has 0 amide bonds. The summed E-state index contributed by atoms with van der Waals surface area (Å²) in [5.41, 5.74) is 1.23. The van der Waals surface area contributed by atoms with Crippen molar-refractivity contribution in [3.63, 3.8) is 0 Å². The van der Waals surface area contributed by atoms with Gasteiger partial charge in [-0.3, -0.25) is 0 Å². The summed E-state index contributed by atoms with van der Waals surface area (Å²) in [5.74, 6) is 0.890. The molecule has 4 heteroatoms. The molecule has 1 aromatic carbocycles. The number of likely N-dealkylation sites (N-methyl/N-ethyl adjacent to an activating group) is 2. The second kappa shape index (κ2) is 8.08. The van der Waals surface area contributed by atoms with Crippen molar-refractivity contribution in [3.8, 4) is 5.75 Å². The van der Waals surface area contributed by atoms with Crippen molar-refractivity contribution in [2.24, 2.45) is 0 Å². The van der Waals surface area contributed by atoms with E-state index in [1.54, 1.807) is 7.11 Å². The highest BCUT2D eigenvalue weighted by molar-refractivity contribution is 5.28. The Morgan fingerprint density at radius 2 is 2.22 bits per heavy atom. The molecule has 0 heterocycles. The van der Waals surface area contributed by atoms with Crippen LogP contribution in [-0.2, 0) is 6.54 Å². The second-order valence-corrected chi connectivity index (χ2v) is 4.55. The van der Waals surface area contributed by atoms with Gasteiger partial charge in [0.05, 0.1) is 7.11 Å². The third-order valence-corrected chi connectivity index (χ3v) is 3.00. The number of nitrogens with zero attached hydrogens (tertiary/aromatic N) is 1. The smallest absolute Gasteiger partial charge is 0.119 e. The van der Waals surface area contributed by atoms with Crippen LogP contribution in [0.25, 0.3) is 0 Å². The fourth-order valence-corrected chi connectivity index (χ4v) is 2.01. The number of aliphatic hydroxyl groups excluding tert-OH is 1. The zero-order valence-corrected chi connectivity index (χ0v) is 11.5. The summed E-state index contributed by atoms with van der Waals surface area (Å²) in [6.07, 6.45) is 0.777. The summed E-state index contributed by atoms with van der Waals surface area (Å²) in [6.45, 7) is 2.01. The van der Waals surface area contributed by atoms with Gasteiger partial charge in [-0.05, 0) is 38.2 Å². The molecule has 0 bridgehead atoms. The number of rotatable bonds is 8. The van der Waals surface area contributed by atoms with Crippen molar-refractivity contribution >= 4 is 0 Å². The van der Waals surface area contributed by atoms with Gasteiger partial charge in [-0.15, -0.1) is 0 Å². The third-order valence-electron chi connectivity index (χ3n) is 3.00. The zero-order valence-electron chi connectivity index (χ0n) is 11.5. The van der Waals surface area contributed by atoms with Gasteiger partial charge in [0.25, 0.3) is 0 Å². The van der Waals surface area contributed by atoms with Crippen LogP contribution in [0.3, 0.4) is 0 Å². The summed E-state index contributed by atoms with van der Waals surface area (Å²) in [7, 11) is 5.70. The first-order chi connectivity index (χ1) is 8.69. The Labute approximate surface area is 110 Å². The molecule has 0 aromatic heterocycles. The van der Waals surface area contributed by atoms with Gasteiger partial charge >= 0.3 is 0 Å². The van der Waals surface area contributed by atoms with Gasteiger partial charge in [-0.1, -0.05) is 12.1 Å². The van der Waals surface area contributed by atoms with Crippen LogP contribution in [0.2, 0.25) is 0 Å². The highest BCUT2D eigenvalue weighted by Crippen LogP contribution is 2.14. The first-order valence-electron chi connectivity index (χ1n) is 6.29. The van der Waals surface area contributed by atoms with Crippen molar-refractivity contribution in [2.75, 3.05) is 34.4 Å². The number of aliphatic hydroxyl groups is 1.